The van der Waals surface area contributed by atoms with Crippen molar-refractivity contribution in [2.45, 2.75) is 37.8 Å². The van der Waals surface area contributed by atoms with Crippen LogP contribution in [0.15, 0.2) is 5.51 Å². The third-order valence-corrected chi connectivity index (χ3v) is 3.90. The number of hydrogen-bond donors (Lipinski definition) is 1. The van der Waals surface area contributed by atoms with E-state index in [1.165, 1.54) is 29.8 Å². The molecule has 12 heavy (non-hydrogen) atoms. The van der Waals surface area contributed by atoms with Gasteiger partial charge in [-0.1, -0.05) is 0 Å². The summed E-state index contributed by atoms with van der Waals surface area (Å²) < 4.78 is 0. The van der Waals surface area contributed by atoms with Crippen LogP contribution in [-0.2, 0) is 6.42 Å². The van der Waals surface area contributed by atoms with Crippen LogP contribution in [0, 0.1) is 0 Å². The Morgan fingerprint density at radius 3 is 3.50 bits per heavy atom. The normalized spacial score (nSPS) is 33.0. The molecule has 1 saturated heterocycles. The Balaban J connectivity index is 2.04. The molecule has 1 aromatic rings. The van der Waals surface area contributed by atoms with Crippen LogP contribution in [0.3, 0.4) is 0 Å². The number of fused-ring (bicyclic) bond motifs is 4. The van der Waals surface area contributed by atoms with Crippen LogP contribution >= 0.6 is 11.3 Å². The van der Waals surface area contributed by atoms with E-state index < -0.39 is 0 Å². The fraction of sp³-hybridized carbons (Fsp3) is 0.667. The van der Waals surface area contributed by atoms with Crippen molar-refractivity contribution in [3.8, 4) is 0 Å². The molecule has 2 nitrogen and oxygen atoms in total. The van der Waals surface area contributed by atoms with Crippen molar-refractivity contribution in [2.24, 2.45) is 0 Å². The second kappa shape index (κ2) is 2.54. The summed E-state index contributed by atoms with van der Waals surface area (Å²) in [7, 11) is 0. The van der Waals surface area contributed by atoms with Gasteiger partial charge in [0.1, 0.15) is 0 Å². The maximum atomic E-state index is 4.42. The Labute approximate surface area is 76.0 Å². The van der Waals surface area contributed by atoms with Gasteiger partial charge in [0.05, 0.1) is 11.2 Å². The number of thiazole rings is 1. The maximum Gasteiger partial charge on any atom is 0.0798 e. The highest BCUT2D eigenvalue weighted by molar-refractivity contribution is 7.09. The number of aromatic nitrogens is 1. The Morgan fingerprint density at radius 1 is 1.50 bits per heavy atom. The topological polar surface area (TPSA) is 24.9 Å². The van der Waals surface area contributed by atoms with Crippen molar-refractivity contribution in [1.29, 1.82) is 0 Å². The first-order valence-electron chi connectivity index (χ1n) is 4.62. The molecule has 0 spiro atoms. The molecular weight excluding hydrogens is 168 g/mol. The number of hydrogen-bond acceptors (Lipinski definition) is 3. The summed E-state index contributed by atoms with van der Waals surface area (Å²) in [6.45, 7) is 0. The molecule has 2 unspecified atom stereocenters. The summed E-state index contributed by atoms with van der Waals surface area (Å²) in [4.78, 5) is 5.92. The van der Waals surface area contributed by atoms with Crippen LogP contribution < -0.4 is 5.32 Å². The van der Waals surface area contributed by atoms with Crippen LogP contribution in [0.2, 0.25) is 0 Å². The minimum atomic E-state index is 0.639. The first-order valence-corrected chi connectivity index (χ1v) is 5.50. The number of piperidine rings is 1. The molecule has 2 atom stereocenters. The molecule has 2 aliphatic rings. The summed E-state index contributed by atoms with van der Waals surface area (Å²) in [6, 6.07) is 1.36. The van der Waals surface area contributed by atoms with Gasteiger partial charge in [-0.3, -0.25) is 0 Å². The lowest BCUT2D eigenvalue weighted by Gasteiger charge is -2.34. The standard InChI is InChI=1S/C9H12N2S/c1-2-6-4-8-9(12-5-10-8)7(3-1)11-6/h5-7,11H,1-4H2. The van der Waals surface area contributed by atoms with Crippen molar-refractivity contribution in [2.75, 3.05) is 0 Å². The molecule has 0 saturated carbocycles. The Morgan fingerprint density at radius 2 is 2.50 bits per heavy atom. The highest BCUT2D eigenvalue weighted by Crippen LogP contribution is 2.35. The van der Waals surface area contributed by atoms with E-state index in [0.29, 0.717) is 6.04 Å². The molecule has 0 aromatic carbocycles. The smallest absolute Gasteiger partial charge is 0.0798 e. The van der Waals surface area contributed by atoms with E-state index in [9.17, 15) is 0 Å². The third-order valence-electron chi connectivity index (χ3n) is 2.91. The molecule has 3 heteroatoms. The minimum absolute atomic E-state index is 0.639. The summed E-state index contributed by atoms with van der Waals surface area (Å²) in [5, 5.41) is 3.67. The van der Waals surface area contributed by atoms with Gasteiger partial charge < -0.3 is 5.32 Å². The van der Waals surface area contributed by atoms with Crippen LogP contribution in [0.4, 0.5) is 0 Å². The van der Waals surface area contributed by atoms with E-state index in [-0.39, 0.29) is 0 Å². The Hall–Kier alpha value is -0.410. The molecular formula is C9H12N2S. The van der Waals surface area contributed by atoms with Gasteiger partial charge in [0.2, 0.25) is 0 Å². The SMILES string of the molecule is c1nc2c(s1)C1CCCC(C2)N1. The lowest BCUT2D eigenvalue weighted by atomic mass is 9.89. The zero-order chi connectivity index (χ0) is 7.97. The molecule has 0 aliphatic carbocycles. The van der Waals surface area contributed by atoms with Crippen LogP contribution in [0.25, 0.3) is 0 Å². The van der Waals surface area contributed by atoms with Gasteiger partial charge in [0.25, 0.3) is 0 Å². The van der Waals surface area contributed by atoms with Crippen molar-refractivity contribution >= 4 is 11.3 Å². The monoisotopic (exact) mass is 180 g/mol. The zero-order valence-corrected chi connectivity index (χ0v) is 7.73. The predicted octanol–water partition coefficient (Wildman–Crippen LogP) is 1.88. The Kier molecular flexibility index (Phi) is 1.49. The highest BCUT2D eigenvalue weighted by atomic mass is 32.1. The van der Waals surface area contributed by atoms with Crippen molar-refractivity contribution in [1.82, 2.24) is 10.3 Å². The summed E-state index contributed by atoms with van der Waals surface area (Å²) >= 11 is 1.82. The van der Waals surface area contributed by atoms with Gasteiger partial charge in [0.15, 0.2) is 0 Å². The fourth-order valence-corrected chi connectivity index (χ4v) is 3.25. The molecule has 1 N–H and O–H groups in total. The lowest BCUT2D eigenvalue weighted by Crippen LogP contribution is -2.42. The van der Waals surface area contributed by atoms with E-state index in [0.717, 1.165) is 12.5 Å². The second-order valence-electron chi connectivity index (χ2n) is 3.71. The van der Waals surface area contributed by atoms with Crippen LogP contribution in [-0.4, -0.2) is 11.0 Å². The fourth-order valence-electron chi connectivity index (χ4n) is 2.34. The predicted molar refractivity (Wildman–Crippen MR) is 49.3 cm³/mol. The highest BCUT2D eigenvalue weighted by Gasteiger charge is 2.31. The van der Waals surface area contributed by atoms with Gasteiger partial charge in [-0.05, 0) is 19.3 Å². The third kappa shape index (κ3) is 0.930. The van der Waals surface area contributed by atoms with E-state index in [2.05, 4.69) is 10.3 Å². The zero-order valence-electron chi connectivity index (χ0n) is 6.92. The molecule has 2 bridgehead atoms. The molecule has 0 amide bonds. The van der Waals surface area contributed by atoms with E-state index in [1.807, 2.05) is 16.8 Å². The van der Waals surface area contributed by atoms with Gasteiger partial charge in [-0.2, -0.15) is 0 Å². The molecule has 64 valence electrons. The molecule has 3 heterocycles. The summed E-state index contributed by atoms with van der Waals surface area (Å²) in [6.07, 6.45) is 5.20. The van der Waals surface area contributed by atoms with Gasteiger partial charge in [0, 0.05) is 23.4 Å². The van der Waals surface area contributed by atoms with Crippen molar-refractivity contribution in [3.05, 3.63) is 16.1 Å². The minimum Gasteiger partial charge on any atom is -0.306 e. The molecule has 3 rings (SSSR count). The molecule has 1 aromatic heterocycles. The maximum absolute atomic E-state index is 4.42. The lowest BCUT2D eigenvalue weighted by molar-refractivity contribution is 0.304. The largest absolute Gasteiger partial charge is 0.306 e. The average molecular weight is 180 g/mol. The van der Waals surface area contributed by atoms with Crippen LogP contribution in [0.5, 0.6) is 0 Å². The first-order chi connectivity index (χ1) is 5.93. The second-order valence-corrected chi connectivity index (χ2v) is 4.60. The Bertz CT molecular complexity index is 294. The van der Waals surface area contributed by atoms with Gasteiger partial charge >= 0.3 is 0 Å². The summed E-state index contributed by atoms with van der Waals surface area (Å²) in [5.41, 5.74) is 3.36. The quantitative estimate of drug-likeness (QED) is 0.659. The number of nitrogens with zero attached hydrogens (tertiary/aromatic N) is 1. The van der Waals surface area contributed by atoms with E-state index >= 15 is 0 Å². The van der Waals surface area contributed by atoms with Gasteiger partial charge in [-0.25, -0.2) is 4.98 Å². The van der Waals surface area contributed by atoms with E-state index in [1.54, 1.807) is 0 Å². The summed E-state index contributed by atoms with van der Waals surface area (Å²) in [5.74, 6) is 0. The van der Waals surface area contributed by atoms with E-state index in [4.69, 9.17) is 0 Å². The average Bonchev–Trinajstić information content (AvgIpc) is 2.53. The molecule has 2 aliphatic heterocycles. The molecule has 1 fully saturated rings. The van der Waals surface area contributed by atoms with Crippen LogP contribution in [0.1, 0.15) is 35.9 Å². The van der Waals surface area contributed by atoms with Crippen molar-refractivity contribution < 1.29 is 0 Å². The van der Waals surface area contributed by atoms with Gasteiger partial charge in [-0.15, -0.1) is 11.3 Å². The first kappa shape index (κ1) is 7.04. The number of nitrogens with one attached hydrogen (secondary N) is 1. The molecule has 0 radical (unpaired) electrons. The van der Waals surface area contributed by atoms with Crippen molar-refractivity contribution in [3.63, 3.8) is 0 Å². The number of rotatable bonds is 0.